The fourth-order valence-electron chi connectivity index (χ4n) is 3.81. The molecule has 0 aliphatic heterocycles. The molecule has 0 fully saturated rings. The molecule has 0 N–H and O–H groups in total. The molecule has 0 heterocycles. The van der Waals surface area contributed by atoms with Gasteiger partial charge >= 0.3 is 0 Å². The molecule has 0 bridgehead atoms. The van der Waals surface area contributed by atoms with Crippen molar-refractivity contribution in [1.29, 1.82) is 0 Å². The molecule has 0 aliphatic rings. The second-order valence-corrected chi connectivity index (χ2v) is 7.70. The number of hydrogen-bond donors (Lipinski definition) is 0. The molecule has 0 aromatic heterocycles. The number of para-hydroxylation sites is 2. The molecule has 0 aliphatic carbocycles. The highest BCUT2D eigenvalue weighted by Gasteiger charge is 2.09. The maximum absolute atomic E-state index is 3.93. The van der Waals surface area contributed by atoms with Crippen molar-refractivity contribution >= 4 is 28.3 Å². The molecule has 0 saturated carbocycles. The fraction of sp³-hybridized carbons (Fsp3) is 0.0667. The zero-order valence-electron chi connectivity index (χ0n) is 18.6. The molecule has 0 saturated heterocycles. The predicted octanol–water partition coefficient (Wildman–Crippen LogP) is 7.84. The molecule has 4 rings (SSSR count). The number of allylic oxidation sites excluding steroid dienone is 2. The number of nitrogens with zero attached hydrogens (tertiary/aromatic N) is 2. The van der Waals surface area contributed by atoms with Crippen molar-refractivity contribution in [2.75, 3.05) is 23.9 Å². The van der Waals surface area contributed by atoms with Gasteiger partial charge in [0.15, 0.2) is 0 Å². The van der Waals surface area contributed by atoms with E-state index in [1.165, 1.54) is 22.5 Å². The third kappa shape index (κ3) is 4.65. The summed E-state index contributed by atoms with van der Waals surface area (Å²) in [6, 6.07) is 38.1. The molecular weight excluding hydrogens is 388 g/mol. The molecule has 4 aromatic rings. The standard InChI is InChI=1S/C30H28N2/c1-4-11-30(24-16-20-28(21-17-24)31(2)26-12-7-5-8-13-26)25-18-22-29(23-19-25)32(3)27-14-9-6-10-15-27/h4-23H,1H2,2-3H3. The quantitative estimate of drug-likeness (QED) is 0.283. The van der Waals surface area contributed by atoms with E-state index in [9.17, 15) is 0 Å². The number of anilines is 4. The summed E-state index contributed by atoms with van der Waals surface area (Å²) in [4.78, 5) is 4.38. The summed E-state index contributed by atoms with van der Waals surface area (Å²) >= 11 is 0. The Morgan fingerprint density at radius 3 is 1.22 bits per heavy atom. The van der Waals surface area contributed by atoms with Gasteiger partial charge in [0.05, 0.1) is 0 Å². The summed E-state index contributed by atoms with van der Waals surface area (Å²) in [5.74, 6) is 0. The van der Waals surface area contributed by atoms with Crippen LogP contribution in [0.1, 0.15) is 11.1 Å². The molecular formula is C30H28N2. The first-order chi connectivity index (χ1) is 15.7. The third-order valence-electron chi connectivity index (χ3n) is 5.70. The summed E-state index contributed by atoms with van der Waals surface area (Å²) < 4.78 is 0. The lowest BCUT2D eigenvalue weighted by Gasteiger charge is -2.21. The zero-order valence-corrected chi connectivity index (χ0v) is 18.6. The molecule has 32 heavy (non-hydrogen) atoms. The van der Waals surface area contributed by atoms with Gasteiger partial charge in [-0.25, -0.2) is 0 Å². The highest BCUT2D eigenvalue weighted by Crippen LogP contribution is 2.30. The first kappa shape index (κ1) is 21.2. The fourth-order valence-corrected chi connectivity index (χ4v) is 3.81. The van der Waals surface area contributed by atoms with Crippen molar-refractivity contribution in [1.82, 2.24) is 0 Å². The molecule has 158 valence electrons. The number of benzene rings is 4. The van der Waals surface area contributed by atoms with Gasteiger partial charge in [-0.15, -0.1) is 0 Å². The van der Waals surface area contributed by atoms with Crippen LogP contribution in [0.4, 0.5) is 22.7 Å². The van der Waals surface area contributed by atoms with E-state index >= 15 is 0 Å². The first-order valence-electron chi connectivity index (χ1n) is 10.8. The Bertz CT molecular complexity index is 1080. The minimum Gasteiger partial charge on any atom is -0.345 e. The van der Waals surface area contributed by atoms with Crippen LogP contribution in [0, 0.1) is 0 Å². The lowest BCUT2D eigenvalue weighted by atomic mass is 9.96. The van der Waals surface area contributed by atoms with Crippen LogP contribution in [-0.2, 0) is 0 Å². The monoisotopic (exact) mass is 416 g/mol. The van der Waals surface area contributed by atoms with E-state index in [-0.39, 0.29) is 0 Å². The van der Waals surface area contributed by atoms with E-state index in [1.807, 2.05) is 18.2 Å². The largest absolute Gasteiger partial charge is 0.345 e. The SMILES string of the molecule is C=CC=C(c1ccc(N(C)c2ccccc2)cc1)c1ccc(N(C)c2ccccc2)cc1. The van der Waals surface area contributed by atoms with Crippen molar-refractivity contribution in [2.24, 2.45) is 0 Å². The molecule has 0 amide bonds. The highest BCUT2D eigenvalue weighted by molar-refractivity contribution is 5.82. The van der Waals surface area contributed by atoms with Crippen molar-refractivity contribution in [3.63, 3.8) is 0 Å². The lowest BCUT2D eigenvalue weighted by Crippen LogP contribution is -2.09. The van der Waals surface area contributed by atoms with Crippen molar-refractivity contribution in [2.45, 2.75) is 0 Å². The Hall–Kier alpha value is -4.04. The summed E-state index contributed by atoms with van der Waals surface area (Å²) in [5, 5.41) is 0. The topological polar surface area (TPSA) is 6.48 Å². The number of hydrogen-bond acceptors (Lipinski definition) is 2. The summed E-state index contributed by atoms with van der Waals surface area (Å²) in [6.45, 7) is 3.93. The van der Waals surface area contributed by atoms with Crippen molar-refractivity contribution in [3.05, 3.63) is 139 Å². The van der Waals surface area contributed by atoms with Crippen LogP contribution in [0.3, 0.4) is 0 Å². The molecule has 0 radical (unpaired) electrons. The summed E-state index contributed by atoms with van der Waals surface area (Å²) in [7, 11) is 4.18. The third-order valence-corrected chi connectivity index (χ3v) is 5.70. The van der Waals surface area contributed by atoms with E-state index in [1.54, 1.807) is 0 Å². The Morgan fingerprint density at radius 1 is 0.531 bits per heavy atom. The first-order valence-corrected chi connectivity index (χ1v) is 10.8. The molecule has 0 unspecified atom stereocenters. The van der Waals surface area contributed by atoms with Gasteiger partial charge in [0.25, 0.3) is 0 Å². The van der Waals surface area contributed by atoms with Gasteiger partial charge in [0, 0.05) is 36.8 Å². The second-order valence-electron chi connectivity index (χ2n) is 7.70. The van der Waals surface area contributed by atoms with Crippen molar-refractivity contribution < 1.29 is 0 Å². The average Bonchev–Trinajstić information content (AvgIpc) is 2.88. The van der Waals surface area contributed by atoms with E-state index in [0.717, 1.165) is 16.9 Å². The summed E-state index contributed by atoms with van der Waals surface area (Å²) in [5.41, 5.74) is 8.12. The van der Waals surface area contributed by atoms with E-state index < -0.39 is 0 Å². The van der Waals surface area contributed by atoms with Crippen LogP contribution in [0.15, 0.2) is 128 Å². The molecule has 2 nitrogen and oxygen atoms in total. The minimum absolute atomic E-state index is 1.15. The van der Waals surface area contributed by atoms with Gasteiger partial charge in [0.1, 0.15) is 0 Å². The molecule has 0 spiro atoms. The molecule has 4 aromatic carbocycles. The minimum atomic E-state index is 1.15. The van der Waals surface area contributed by atoms with E-state index in [4.69, 9.17) is 0 Å². The average molecular weight is 417 g/mol. The number of rotatable bonds is 7. The maximum atomic E-state index is 3.93. The van der Waals surface area contributed by atoms with Gasteiger partial charge in [-0.05, 0) is 65.2 Å². The Kier molecular flexibility index (Phi) is 6.52. The molecule has 2 heteroatoms. The van der Waals surface area contributed by atoms with Crippen LogP contribution in [0.2, 0.25) is 0 Å². The van der Waals surface area contributed by atoms with Crippen LogP contribution in [-0.4, -0.2) is 14.1 Å². The van der Waals surface area contributed by atoms with Crippen LogP contribution < -0.4 is 9.80 Å². The van der Waals surface area contributed by atoms with Crippen molar-refractivity contribution in [3.8, 4) is 0 Å². The van der Waals surface area contributed by atoms with Gasteiger partial charge in [-0.2, -0.15) is 0 Å². The smallest absolute Gasteiger partial charge is 0.0408 e. The van der Waals surface area contributed by atoms with Gasteiger partial charge in [-0.1, -0.05) is 79.4 Å². The molecule has 0 atom stereocenters. The van der Waals surface area contributed by atoms with Crippen LogP contribution in [0.5, 0.6) is 0 Å². The Balaban J connectivity index is 1.57. The van der Waals surface area contributed by atoms with Gasteiger partial charge < -0.3 is 9.80 Å². The summed E-state index contributed by atoms with van der Waals surface area (Å²) in [6.07, 6.45) is 3.93. The second kappa shape index (κ2) is 9.84. The zero-order chi connectivity index (χ0) is 22.3. The Labute approximate surface area is 191 Å². The van der Waals surface area contributed by atoms with Gasteiger partial charge in [-0.3, -0.25) is 0 Å². The predicted molar refractivity (Wildman–Crippen MR) is 139 cm³/mol. The normalized spacial score (nSPS) is 10.3. The van der Waals surface area contributed by atoms with Crippen LogP contribution in [0.25, 0.3) is 5.57 Å². The van der Waals surface area contributed by atoms with Crippen LogP contribution >= 0.6 is 0 Å². The maximum Gasteiger partial charge on any atom is 0.0408 e. The van der Waals surface area contributed by atoms with E-state index in [2.05, 4.69) is 134 Å². The highest BCUT2D eigenvalue weighted by atomic mass is 15.1. The lowest BCUT2D eigenvalue weighted by molar-refractivity contribution is 1.21. The van der Waals surface area contributed by atoms with E-state index in [0.29, 0.717) is 0 Å². The van der Waals surface area contributed by atoms with Gasteiger partial charge in [0.2, 0.25) is 0 Å². The Morgan fingerprint density at radius 2 is 0.875 bits per heavy atom.